The second-order valence-corrected chi connectivity index (χ2v) is 6.28. The molecule has 0 amide bonds. The maximum atomic E-state index is 14.3. The molecule has 0 aliphatic carbocycles. The van der Waals surface area contributed by atoms with Crippen LogP contribution in [0.15, 0.2) is 47.4 Å². The van der Waals surface area contributed by atoms with E-state index in [9.17, 15) is 4.39 Å². The SMILES string of the molecule is COc1ccc(C(NN)C2Cc3ccccc3S2)c(F)c1. The average Bonchev–Trinajstić information content (AvgIpc) is 2.93. The van der Waals surface area contributed by atoms with Crippen molar-refractivity contribution in [1.29, 1.82) is 0 Å². The maximum absolute atomic E-state index is 14.3. The maximum Gasteiger partial charge on any atom is 0.131 e. The summed E-state index contributed by atoms with van der Waals surface area (Å²) in [7, 11) is 1.52. The predicted molar refractivity (Wildman–Crippen MR) is 82.8 cm³/mol. The number of nitrogens with two attached hydrogens (primary N) is 1. The number of nitrogens with one attached hydrogen (secondary N) is 1. The Balaban J connectivity index is 1.87. The Kier molecular flexibility index (Phi) is 4.14. The van der Waals surface area contributed by atoms with Gasteiger partial charge in [0.2, 0.25) is 0 Å². The average molecular weight is 304 g/mol. The minimum absolute atomic E-state index is 0.176. The summed E-state index contributed by atoms with van der Waals surface area (Å²) in [5.74, 6) is 5.91. The molecule has 2 aromatic rings. The second kappa shape index (κ2) is 6.05. The largest absolute Gasteiger partial charge is 0.497 e. The Morgan fingerprint density at radius 2 is 2.14 bits per heavy atom. The number of halogens is 1. The van der Waals surface area contributed by atoms with Crippen molar-refractivity contribution in [2.24, 2.45) is 5.84 Å². The molecular weight excluding hydrogens is 287 g/mol. The molecule has 3 nitrogen and oxygen atoms in total. The van der Waals surface area contributed by atoms with Crippen LogP contribution in [0, 0.1) is 5.82 Å². The lowest BCUT2D eigenvalue weighted by atomic mass is 9.98. The summed E-state index contributed by atoms with van der Waals surface area (Å²) in [6.07, 6.45) is 0.876. The number of rotatable bonds is 4. The van der Waals surface area contributed by atoms with Crippen molar-refractivity contribution in [1.82, 2.24) is 5.43 Å². The van der Waals surface area contributed by atoms with Gasteiger partial charge < -0.3 is 4.74 Å². The lowest BCUT2D eigenvalue weighted by Crippen LogP contribution is -2.35. The zero-order valence-electron chi connectivity index (χ0n) is 11.7. The summed E-state index contributed by atoms with van der Waals surface area (Å²) in [6.45, 7) is 0. The van der Waals surface area contributed by atoms with Gasteiger partial charge in [-0.3, -0.25) is 11.3 Å². The zero-order valence-corrected chi connectivity index (χ0v) is 12.5. The van der Waals surface area contributed by atoms with E-state index >= 15 is 0 Å². The zero-order chi connectivity index (χ0) is 14.8. The van der Waals surface area contributed by atoms with E-state index in [4.69, 9.17) is 10.6 Å². The van der Waals surface area contributed by atoms with Crippen molar-refractivity contribution in [3.05, 3.63) is 59.4 Å². The number of ether oxygens (including phenoxy) is 1. The molecule has 3 rings (SSSR count). The fourth-order valence-electron chi connectivity index (χ4n) is 2.68. The van der Waals surface area contributed by atoms with Crippen LogP contribution in [-0.4, -0.2) is 12.4 Å². The van der Waals surface area contributed by atoms with E-state index in [0.29, 0.717) is 11.3 Å². The summed E-state index contributed by atoms with van der Waals surface area (Å²) < 4.78 is 19.3. The topological polar surface area (TPSA) is 47.3 Å². The van der Waals surface area contributed by atoms with Crippen molar-refractivity contribution in [2.45, 2.75) is 22.6 Å². The Hall–Kier alpha value is -1.56. The third kappa shape index (κ3) is 2.77. The molecule has 2 unspecified atom stereocenters. The molecule has 1 aliphatic rings. The van der Waals surface area contributed by atoms with E-state index in [2.05, 4.69) is 17.6 Å². The van der Waals surface area contributed by atoms with Crippen molar-refractivity contribution in [3.8, 4) is 5.75 Å². The third-order valence-electron chi connectivity index (χ3n) is 3.77. The Morgan fingerprint density at radius 1 is 1.33 bits per heavy atom. The quantitative estimate of drug-likeness (QED) is 0.673. The molecule has 0 radical (unpaired) electrons. The van der Waals surface area contributed by atoms with Crippen LogP contribution >= 0.6 is 11.8 Å². The van der Waals surface area contributed by atoms with Gasteiger partial charge in [-0.15, -0.1) is 11.8 Å². The highest BCUT2D eigenvalue weighted by Crippen LogP contribution is 2.42. The van der Waals surface area contributed by atoms with Gasteiger partial charge in [-0.25, -0.2) is 4.39 Å². The lowest BCUT2D eigenvalue weighted by Gasteiger charge is -2.23. The molecule has 0 bridgehead atoms. The molecule has 21 heavy (non-hydrogen) atoms. The Bertz CT molecular complexity index is 625. The van der Waals surface area contributed by atoms with E-state index in [1.54, 1.807) is 23.9 Å². The van der Waals surface area contributed by atoms with Crippen LogP contribution in [0.1, 0.15) is 17.2 Å². The van der Waals surface area contributed by atoms with Gasteiger partial charge in [-0.05, 0) is 24.1 Å². The number of hydrogen-bond donors (Lipinski definition) is 2. The molecule has 1 heterocycles. The fourth-order valence-corrected chi connectivity index (χ4v) is 4.09. The van der Waals surface area contributed by atoms with E-state index in [0.717, 1.165) is 6.42 Å². The Morgan fingerprint density at radius 3 is 2.81 bits per heavy atom. The standard InChI is InChI=1S/C16H17FN2OS/c1-20-11-6-7-12(13(17)9-11)16(19-18)15-8-10-4-2-3-5-14(10)21-15/h2-7,9,15-16,19H,8,18H2,1H3. The van der Waals surface area contributed by atoms with Crippen molar-refractivity contribution in [2.75, 3.05) is 7.11 Å². The summed E-state index contributed by atoms with van der Waals surface area (Å²) in [6, 6.07) is 12.9. The summed E-state index contributed by atoms with van der Waals surface area (Å²) in [4.78, 5) is 1.25. The van der Waals surface area contributed by atoms with Crippen LogP contribution < -0.4 is 16.0 Å². The molecule has 2 aromatic carbocycles. The molecule has 2 atom stereocenters. The molecule has 0 fully saturated rings. The minimum atomic E-state index is -0.297. The summed E-state index contributed by atoms with van der Waals surface area (Å²) >= 11 is 1.74. The first-order chi connectivity index (χ1) is 10.2. The van der Waals surface area contributed by atoms with E-state index in [-0.39, 0.29) is 17.1 Å². The highest BCUT2D eigenvalue weighted by molar-refractivity contribution is 8.00. The van der Waals surface area contributed by atoms with E-state index in [1.165, 1.54) is 23.6 Å². The van der Waals surface area contributed by atoms with Crippen LogP contribution in [0.4, 0.5) is 4.39 Å². The molecule has 3 N–H and O–H groups in total. The first-order valence-corrected chi connectivity index (χ1v) is 7.65. The minimum Gasteiger partial charge on any atom is -0.497 e. The molecule has 5 heteroatoms. The van der Waals surface area contributed by atoms with Crippen LogP contribution in [0.3, 0.4) is 0 Å². The summed E-state index contributed by atoms with van der Waals surface area (Å²) in [5.41, 5.74) is 4.64. The van der Waals surface area contributed by atoms with Crippen molar-refractivity contribution < 1.29 is 9.13 Å². The Labute approximate surface area is 127 Å². The first kappa shape index (κ1) is 14.4. The van der Waals surface area contributed by atoms with Crippen LogP contribution in [0.25, 0.3) is 0 Å². The van der Waals surface area contributed by atoms with Gasteiger partial charge in [-0.1, -0.05) is 24.3 Å². The highest BCUT2D eigenvalue weighted by Gasteiger charge is 2.31. The van der Waals surface area contributed by atoms with Crippen molar-refractivity contribution >= 4 is 11.8 Å². The number of benzene rings is 2. The molecule has 0 spiro atoms. The normalized spacial score (nSPS) is 18.3. The molecule has 0 aromatic heterocycles. The van der Waals surface area contributed by atoms with Crippen LogP contribution in [0.5, 0.6) is 5.75 Å². The van der Waals surface area contributed by atoms with Crippen LogP contribution in [-0.2, 0) is 6.42 Å². The fraction of sp³-hybridized carbons (Fsp3) is 0.250. The van der Waals surface area contributed by atoms with E-state index < -0.39 is 0 Å². The van der Waals surface area contributed by atoms with Gasteiger partial charge in [0, 0.05) is 21.8 Å². The van der Waals surface area contributed by atoms with Gasteiger partial charge in [0.1, 0.15) is 11.6 Å². The summed E-state index contributed by atoms with van der Waals surface area (Å²) in [5, 5.41) is 0.176. The number of hydrogen-bond acceptors (Lipinski definition) is 4. The number of fused-ring (bicyclic) bond motifs is 1. The molecule has 110 valence electrons. The van der Waals surface area contributed by atoms with Gasteiger partial charge >= 0.3 is 0 Å². The third-order valence-corrected chi connectivity index (χ3v) is 5.16. The molecule has 0 saturated heterocycles. The van der Waals surface area contributed by atoms with Gasteiger partial charge in [0.25, 0.3) is 0 Å². The highest BCUT2D eigenvalue weighted by atomic mass is 32.2. The molecule has 0 saturated carbocycles. The first-order valence-electron chi connectivity index (χ1n) is 6.77. The van der Waals surface area contributed by atoms with Gasteiger partial charge in [0.05, 0.1) is 13.2 Å². The number of hydrazine groups is 1. The van der Waals surface area contributed by atoms with Crippen molar-refractivity contribution in [3.63, 3.8) is 0 Å². The van der Waals surface area contributed by atoms with Gasteiger partial charge in [0.15, 0.2) is 0 Å². The van der Waals surface area contributed by atoms with E-state index in [1.807, 2.05) is 12.1 Å². The number of methoxy groups -OCH3 is 1. The van der Waals surface area contributed by atoms with Crippen LogP contribution in [0.2, 0.25) is 0 Å². The lowest BCUT2D eigenvalue weighted by molar-refractivity contribution is 0.408. The predicted octanol–water partition coefficient (Wildman–Crippen LogP) is 3.06. The molecular formula is C16H17FN2OS. The molecule has 1 aliphatic heterocycles. The second-order valence-electron chi connectivity index (χ2n) is 5.00. The monoisotopic (exact) mass is 304 g/mol. The smallest absolute Gasteiger partial charge is 0.131 e. The number of thioether (sulfide) groups is 1. The van der Waals surface area contributed by atoms with Gasteiger partial charge in [-0.2, -0.15) is 0 Å².